The number of rotatable bonds is 0. The molecule has 1 aliphatic heterocycles. The number of amides is 2. The normalized spacial score (nSPS) is 14.7. The van der Waals surface area contributed by atoms with E-state index >= 15 is 0 Å². The van der Waals surface area contributed by atoms with Crippen molar-refractivity contribution in [3.05, 3.63) is 59.7 Å². The lowest BCUT2D eigenvalue weighted by Gasteiger charge is -2.22. The fraction of sp³-hybridized carbons (Fsp3) is 0.0667. The van der Waals surface area contributed by atoms with E-state index in [4.69, 9.17) is 2.82 Å². The van der Waals surface area contributed by atoms with Gasteiger partial charge in [-0.3, -0.25) is 9.69 Å². The van der Waals surface area contributed by atoms with Gasteiger partial charge in [0, 0.05) is 12.0 Å². The number of hydrogen-bond acceptors (Lipinski definition) is 2. The van der Waals surface area contributed by atoms with Crippen LogP contribution in [0.15, 0.2) is 48.5 Å². The number of fused-ring (bicyclic) bond motifs is 2. The summed E-state index contributed by atoms with van der Waals surface area (Å²) in [6.07, 6.45) is 0.187. The summed E-state index contributed by atoms with van der Waals surface area (Å²) in [4.78, 5) is 25.9. The number of carbonyl (C=O) groups excluding carboxylic acids is 2. The molecule has 1 aliphatic rings. The Morgan fingerprint density at radius 2 is 1.79 bits per heavy atom. The van der Waals surface area contributed by atoms with E-state index in [0.29, 0.717) is 22.5 Å². The number of ketones is 1. The topological polar surface area (TPSA) is 63.4 Å². The Hall–Kier alpha value is -2.62. The van der Waals surface area contributed by atoms with Crippen LogP contribution in [0.2, 0.25) is 2.82 Å². The Bertz CT molecular complexity index is 731. The SMILES string of the molecule is [2H]N([2H])C(=O)N1c2ccccc2CC(=O)c2ccccc21. The second-order valence-electron chi connectivity index (χ2n) is 4.36. The molecule has 0 aliphatic carbocycles. The maximum Gasteiger partial charge on any atom is 0.323 e. The molecule has 2 amide bonds. The maximum atomic E-state index is 12.4. The number of nitrogens with two attached hydrogens (primary N) is 1. The largest absolute Gasteiger partial charge is 0.351 e. The van der Waals surface area contributed by atoms with Gasteiger partial charge in [-0.1, -0.05) is 30.3 Å². The first kappa shape index (κ1) is 9.33. The number of carbonyl (C=O) groups is 2. The molecule has 4 nitrogen and oxygen atoms in total. The number of primary amides is 1. The van der Waals surface area contributed by atoms with Crippen molar-refractivity contribution in [2.24, 2.45) is 5.72 Å². The highest BCUT2D eigenvalue weighted by Gasteiger charge is 2.27. The van der Waals surface area contributed by atoms with Crippen LogP contribution in [0.25, 0.3) is 0 Å². The van der Waals surface area contributed by atoms with E-state index in [9.17, 15) is 9.59 Å². The van der Waals surface area contributed by atoms with Gasteiger partial charge in [-0.15, -0.1) is 0 Å². The first-order chi connectivity index (χ1) is 10.1. The van der Waals surface area contributed by atoms with Crippen LogP contribution >= 0.6 is 0 Å². The van der Waals surface area contributed by atoms with Crippen LogP contribution in [0, 0.1) is 0 Å². The van der Waals surface area contributed by atoms with E-state index in [0.717, 1.165) is 0 Å². The fourth-order valence-corrected chi connectivity index (χ4v) is 2.39. The summed E-state index contributed by atoms with van der Waals surface area (Å²) in [6, 6.07) is 13.0. The van der Waals surface area contributed by atoms with E-state index in [1.165, 1.54) is 4.90 Å². The lowest BCUT2D eigenvalue weighted by Crippen LogP contribution is -2.32. The van der Waals surface area contributed by atoms with Crippen LogP contribution in [0.1, 0.15) is 15.9 Å². The van der Waals surface area contributed by atoms with Crippen molar-refractivity contribution in [2.45, 2.75) is 6.42 Å². The highest BCUT2D eigenvalue weighted by molar-refractivity contribution is 6.11. The molecule has 0 aromatic heterocycles. The lowest BCUT2D eigenvalue weighted by atomic mass is 10.0. The molecule has 0 unspecified atom stereocenters. The molecular weight excluding hydrogens is 240 g/mol. The third-order valence-corrected chi connectivity index (χ3v) is 3.22. The van der Waals surface area contributed by atoms with Crippen molar-refractivity contribution in [3.8, 4) is 0 Å². The fourth-order valence-electron chi connectivity index (χ4n) is 2.39. The number of urea groups is 1. The standard InChI is InChI=1S/C15H12N2O2/c16-15(19)17-12-7-3-1-5-10(12)9-14(18)11-6-2-4-8-13(11)17/h1-8H,9H2,(H2,16,19)/i/hD2. The summed E-state index contributed by atoms with van der Waals surface area (Å²) in [5, 5.41) is 0. The number of Topliss-reactive ketones (excluding diaryl/α,β-unsaturated/α-hetero) is 1. The van der Waals surface area contributed by atoms with Crippen molar-refractivity contribution < 1.29 is 12.4 Å². The average molecular weight is 254 g/mol. The predicted molar refractivity (Wildman–Crippen MR) is 72.6 cm³/mol. The third-order valence-electron chi connectivity index (χ3n) is 3.22. The summed E-state index contributed by atoms with van der Waals surface area (Å²) in [6.45, 7) is 0. The molecule has 1 heterocycles. The summed E-state index contributed by atoms with van der Waals surface area (Å²) in [5.74, 6) is -0.0881. The molecule has 4 heteroatoms. The molecule has 0 radical (unpaired) electrons. The molecule has 2 aromatic rings. The molecule has 0 saturated heterocycles. The maximum absolute atomic E-state index is 12.4. The zero-order valence-electron chi connectivity index (χ0n) is 12.0. The Balaban J connectivity index is 2.28. The summed E-state index contributed by atoms with van der Waals surface area (Å²) < 4.78 is 14.5. The molecule has 0 spiro atoms. The zero-order chi connectivity index (χ0) is 15.0. The van der Waals surface area contributed by atoms with Gasteiger partial charge in [0.25, 0.3) is 0 Å². The van der Waals surface area contributed by atoms with E-state index in [1.807, 2.05) is 0 Å². The summed E-state index contributed by atoms with van der Waals surface area (Å²) in [5.41, 5.74) is 2.08. The van der Waals surface area contributed by atoms with Gasteiger partial charge >= 0.3 is 6.03 Å². The van der Waals surface area contributed by atoms with Gasteiger partial charge in [-0.2, -0.15) is 0 Å². The monoisotopic (exact) mass is 254 g/mol. The number of anilines is 2. The van der Waals surface area contributed by atoms with Crippen molar-refractivity contribution >= 4 is 23.2 Å². The lowest BCUT2D eigenvalue weighted by molar-refractivity contribution is 0.0994. The van der Waals surface area contributed by atoms with Crippen molar-refractivity contribution in [1.29, 1.82) is 0 Å². The van der Waals surface area contributed by atoms with Gasteiger partial charge < -0.3 is 5.72 Å². The molecule has 0 saturated carbocycles. The van der Waals surface area contributed by atoms with Crippen LogP contribution in [0.4, 0.5) is 16.2 Å². The Morgan fingerprint density at radius 1 is 1.11 bits per heavy atom. The molecule has 2 N–H and O–H groups in total. The highest BCUT2D eigenvalue weighted by atomic mass is 16.2. The van der Waals surface area contributed by atoms with Crippen molar-refractivity contribution in [1.82, 2.24) is 0 Å². The quantitative estimate of drug-likeness (QED) is 0.785. The first-order valence-electron chi connectivity index (χ1n) is 6.81. The molecule has 3 rings (SSSR count). The second-order valence-corrected chi connectivity index (χ2v) is 4.36. The van der Waals surface area contributed by atoms with Crippen LogP contribution < -0.4 is 10.6 Å². The molecule has 0 bridgehead atoms. The molecule has 0 fully saturated rings. The third kappa shape index (κ3) is 1.78. The van der Waals surface area contributed by atoms with Crippen molar-refractivity contribution in [2.75, 3.05) is 4.90 Å². The van der Waals surface area contributed by atoms with Gasteiger partial charge in [-0.25, -0.2) is 4.79 Å². The van der Waals surface area contributed by atoms with E-state index in [-0.39, 0.29) is 17.9 Å². The molecular formula is C15H12N2O2. The average Bonchev–Trinajstić information content (AvgIpc) is 2.61. The Labute approximate surface area is 113 Å². The van der Waals surface area contributed by atoms with Gasteiger partial charge in [-0.05, 0) is 23.8 Å². The molecule has 0 atom stereocenters. The number of para-hydroxylation sites is 2. The highest BCUT2D eigenvalue weighted by Crippen LogP contribution is 2.35. The van der Waals surface area contributed by atoms with Crippen molar-refractivity contribution in [3.63, 3.8) is 0 Å². The van der Waals surface area contributed by atoms with E-state index in [2.05, 4.69) is 0 Å². The predicted octanol–water partition coefficient (Wildman–Crippen LogP) is 2.64. The molecule has 19 heavy (non-hydrogen) atoms. The molecule has 2 aromatic carbocycles. The van der Waals surface area contributed by atoms with Gasteiger partial charge in [0.15, 0.2) is 8.61 Å². The summed E-state index contributed by atoms with van der Waals surface area (Å²) in [7, 11) is 0. The Morgan fingerprint density at radius 3 is 2.58 bits per heavy atom. The van der Waals surface area contributed by atoms with E-state index < -0.39 is 6.03 Å². The smallest absolute Gasteiger partial charge is 0.323 e. The number of nitrogens with zero attached hydrogens (tertiary/aromatic N) is 1. The van der Waals surface area contributed by atoms with Crippen LogP contribution in [0.3, 0.4) is 0 Å². The number of hydrogen-bond donors (Lipinski definition) is 1. The van der Waals surface area contributed by atoms with Gasteiger partial charge in [0.1, 0.15) is 0 Å². The molecule has 94 valence electrons. The van der Waals surface area contributed by atoms with Crippen LogP contribution in [0.5, 0.6) is 0 Å². The van der Waals surface area contributed by atoms with Gasteiger partial charge in [0.2, 0.25) is 0 Å². The first-order valence-corrected chi connectivity index (χ1v) is 5.91. The summed E-state index contributed by atoms with van der Waals surface area (Å²) >= 11 is 0. The number of benzene rings is 2. The second kappa shape index (κ2) is 4.24. The van der Waals surface area contributed by atoms with Gasteiger partial charge in [0.05, 0.1) is 11.4 Å². The minimum atomic E-state index is -0.829. The Kier molecular flexibility index (Phi) is 2.08. The van der Waals surface area contributed by atoms with Crippen LogP contribution in [-0.4, -0.2) is 11.8 Å². The minimum Gasteiger partial charge on any atom is -0.351 e. The minimum absolute atomic E-state index is 0.0172. The van der Waals surface area contributed by atoms with E-state index in [1.54, 1.807) is 48.5 Å². The van der Waals surface area contributed by atoms with Crippen LogP contribution in [-0.2, 0) is 6.42 Å². The zero-order valence-corrected chi connectivity index (χ0v) is 10.0.